The second-order valence-electron chi connectivity index (χ2n) is 11.2. The molecule has 0 fully saturated rings. The molecule has 1 aromatic carbocycles. The summed E-state index contributed by atoms with van der Waals surface area (Å²) in [5.74, 6) is -0.336. The average molecular weight is 671 g/mol. The number of hydrogen-bond donors (Lipinski definition) is 0. The zero-order chi connectivity index (χ0) is 34.7. The summed E-state index contributed by atoms with van der Waals surface area (Å²) in [7, 11) is 2.88. The fourth-order valence-corrected chi connectivity index (χ4v) is 5.07. The van der Waals surface area contributed by atoms with Crippen LogP contribution in [-0.2, 0) is 18.9 Å². The fraction of sp³-hybridized carbons (Fsp3) is 0.200. The van der Waals surface area contributed by atoms with E-state index in [0.717, 1.165) is 0 Å². The first-order valence-electron chi connectivity index (χ1n) is 14.4. The summed E-state index contributed by atoms with van der Waals surface area (Å²) in [6.07, 6.45) is 0. The molecule has 0 radical (unpaired) electrons. The molecule has 0 amide bonds. The van der Waals surface area contributed by atoms with Crippen LogP contribution in [-0.4, -0.2) is 60.4 Å². The van der Waals surface area contributed by atoms with E-state index in [2.05, 4.69) is 11.5 Å². The molecule has 4 aromatic heterocycles. The first-order chi connectivity index (χ1) is 22.9. The van der Waals surface area contributed by atoms with Gasteiger partial charge < -0.3 is 36.6 Å². The third-order valence-corrected chi connectivity index (χ3v) is 7.71. The van der Waals surface area contributed by atoms with Gasteiger partial charge in [-0.15, -0.1) is 5.54 Å². The quantitative estimate of drug-likeness (QED) is 0.0714. The van der Waals surface area contributed by atoms with Gasteiger partial charge in [0, 0.05) is 23.8 Å². The number of carbonyl (C=O) groups is 4. The Kier molecular flexibility index (Phi) is 9.30. The molecule has 0 atom stereocenters. The molecule has 4 heterocycles. The summed E-state index contributed by atoms with van der Waals surface area (Å²) < 4.78 is 44.0. The highest BCUT2D eigenvalue weighted by atomic mass is 28.3. The largest absolute Gasteiger partial charge is 0.465 e. The summed E-state index contributed by atoms with van der Waals surface area (Å²) >= 11 is 0. The zero-order valence-corrected chi connectivity index (χ0v) is 28.1. The van der Waals surface area contributed by atoms with Crippen LogP contribution >= 0.6 is 0 Å². The van der Waals surface area contributed by atoms with Crippen molar-refractivity contribution < 1.29 is 55.8 Å². The van der Waals surface area contributed by atoms with Crippen molar-refractivity contribution in [2.45, 2.75) is 19.6 Å². The van der Waals surface area contributed by atoms with E-state index in [1.807, 2.05) is 25.7 Å². The standard InChI is InChI=1S/C35H30O12Si/c1-40-32(36)20-15-26(44-24(20)13-14-48(5,6)7)29-22(34(38)42-3)17-28(46-29)31-23(35(39)43-4)18-27(47-31)30-21(33(37)41-2)16-25(45-30)19-11-9-8-10-12-19/h8-12,15-18H,1-7H3. The summed E-state index contributed by atoms with van der Waals surface area (Å²) in [6, 6.07) is 14.4. The molecule has 0 N–H and O–H groups in total. The molecule has 0 saturated heterocycles. The van der Waals surface area contributed by atoms with E-state index < -0.39 is 32.0 Å². The molecule has 5 aromatic rings. The molecule has 12 nitrogen and oxygen atoms in total. The van der Waals surface area contributed by atoms with E-state index in [1.54, 1.807) is 24.3 Å². The maximum atomic E-state index is 13.0. The summed E-state index contributed by atoms with van der Waals surface area (Å²) in [5, 5.41) is 0. The molecule has 0 unspecified atom stereocenters. The Morgan fingerprint density at radius 1 is 0.542 bits per heavy atom. The number of furan rings is 4. The first kappa shape index (κ1) is 33.4. The van der Waals surface area contributed by atoms with Gasteiger partial charge in [0.05, 0.1) is 28.4 Å². The van der Waals surface area contributed by atoms with Crippen LogP contribution in [0.4, 0.5) is 0 Å². The third-order valence-electron chi connectivity index (χ3n) is 6.83. The predicted octanol–water partition coefficient (Wildman–Crippen LogP) is 7.10. The van der Waals surface area contributed by atoms with E-state index in [1.165, 1.54) is 52.7 Å². The Bertz CT molecular complexity index is 2090. The molecule has 0 aliphatic rings. The summed E-state index contributed by atoms with van der Waals surface area (Å²) in [5.41, 5.74) is 3.62. The number of benzene rings is 1. The lowest BCUT2D eigenvalue weighted by atomic mass is 10.1. The minimum Gasteiger partial charge on any atom is -0.465 e. The van der Waals surface area contributed by atoms with Crippen molar-refractivity contribution in [2.75, 3.05) is 28.4 Å². The Morgan fingerprint density at radius 2 is 0.917 bits per heavy atom. The van der Waals surface area contributed by atoms with Crippen molar-refractivity contribution >= 4 is 32.0 Å². The van der Waals surface area contributed by atoms with Crippen LogP contribution in [0.15, 0.2) is 72.3 Å². The van der Waals surface area contributed by atoms with Crippen molar-refractivity contribution in [3.63, 3.8) is 0 Å². The summed E-state index contributed by atoms with van der Waals surface area (Å²) in [4.78, 5) is 51.3. The molecule has 0 saturated carbocycles. The topological polar surface area (TPSA) is 158 Å². The second-order valence-corrected chi connectivity index (χ2v) is 16.0. The highest BCUT2D eigenvalue weighted by molar-refractivity contribution is 6.83. The maximum absolute atomic E-state index is 13.0. The fourth-order valence-electron chi connectivity index (χ4n) is 4.58. The molecule has 13 heteroatoms. The van der Waals surface area contributed by atoms with Crippen molar-refractivity contribution in [2.24, 2.45) is 0 Å². The van der Waals surface area contributed by atoms with Gasteiger partial charge in [0.1, 0.15) is 36.1 Å². The Balaban J connectivity index is 1.70. The Morgan fingerprint density at radius 3 is 1.35 bits per heavy atom. The van der Waals surface area contributed by atoms with Gasteiger partial charge in [0.15, 0.2) is 40.3 Å². The van der Waals surface area contributed by atoms with Gasteiger partial charge in [-0.2, -0.15) is 0 Å². The first-order valence-corrected chi connectivity index (χ1v) is 17.9. The highest BCUT2D eigenvalue weighted by Gasteiger charge is 2.32. The van der Waals surface area contributed by atoms with Gasteiger partial charge in [0.2, 0.25) is 0 Å². The number of ether oxygens (including phenoxy) is 4. The summed E-state index contributed by atoms with van der Waals surface area (Å²) in [6.45, 7) is 6.06. The molecular formula is C35H30O12Si. The van der Waals surface area contributed by atoms with Gasteiger partial charge in [0.25, 0.3) is 0 Å². The van der Waals surface area contributed by atoms with Crippen molar-refractivity contribution in [3.8, 4) is 57.3 Å². The highest BCUT2D eigenvalue weighted by Crippen LogP contribution is 2.41. The van der Waals surface area contributed by atoms with Crippen LogP contribution in [0.5, 0.6) is 0 Å². The van der Waals surface area contributed by atoms with E-state index in [4.69, 9.17) is 36.6 Å². The number of carbonyl (C=O) groups excluding carboxylic acids is 4. The van der Waals surface area contributed by atoms with E-state index >= 15 is 0 Å². The minimum atomic E-state index is -1.89. The van der Waals surface area contributed by atoms with Crippen LogP contribution in [0.25, 0.3) is 45.9 Å². The second kappa shape index (κ2) is 13.4. The van der Waals surface area contributed by atoms with Gasteiger partial charge >= 0.3 is 23.9 Å². The zero-order valence-electron chi connectivity index (χ0n) is 27.1. The van der Waals surface area contributed by atoms with Crippen LogP contribution in [0, 0.1) is 11.5 Å². The number of methoxy groups -OCH3 is 4. The number of esters is 4. The van der Waals surface area contributed by atoms with Gasteiger partial charge in [-0.05, 0) is 12.0 Å². The van der Waals surface area contributed by atoms with E-state index in [9.17, 15) is 19.2 Å². The maximum Gasteiger partial charge on any atom is 0.342 e. The monoisotopic (exact) mass is 670 g/mol. The molecule has 0 spiro atoms. The van der Waals surface area contributed by atoms with Crippen LogP contribution in [0.1, 0.15) is 47.2 Å². The molecule has 246 valence electrons. The molecule has 48 heavy (non-hydrogen) atoms. The van der Waals surface area contributed by atoms with Gasteiger partial charge in [-0.1, -0.05) is 50.0 Å². The van der Waals surface area contributed by atoms with Crippen LogP contribution < -0.4 is 0 Å². The van der Waals surface area contributed by atoms with Crippen molar-refractivity contribution in [1.29, 1.82) is 0 Å². The molecule has 0 aliphatic heterocycles. The van der Waals surface area contributed by atoms with E-state index in [-0.39, 0.29) is 62.6 Å². The Labute approximate surface area is 275 Å². The van der Waals surface area contributed by atoms with Gasteiger partial charge in [-0.25, -0.2) is 19.2 Å². The minimum absolute atomic E-state index is 0.0185. The lowest BCUT2D eigenvalue weighted by Crippen LogP contribution is -2.16. The molecule has 0 bridgehead atoms. The number of rotatable bonds is 8. The molecular weight excluding hydrogens is 640 g/mol. The van der Waals surface area contributed by atoms with Crippen LogP contribution in [0.3, 0.4) is 0 Å². The molecule has 5 rings (SSSR count). The average Bonchev–Trinajstić information content (AvgIpc) is 3.89. The normalized spacial score (nSPS) is 11.0. The van der Waals surface area contributed by atoms with Crippen molar-refractivity contribution in [3.05, 3.63) is 82.6 Å². The van der Waals surface area contributed by atoms with Crippen molar-refractivity contribution in [1.82, 2.24) is 0 Å². The smallest absolute Gasteiger partial charge is 0.342 e. The van der Waals surface area contributed by atoms with E-state index in [0.29, 0.717) is 11.3 Å². The van der Waals surface area contributed by atoms with Gasteiger partial charge in [-0.3, -0.25) is 0 Å². The third kappa shape index (κ3) is 6.60. The lowest BCUT2D eigenvalue weighted by molar-refractivity contribution is 0.0590. The van der Waals surface area contributed by atoms with Crippen LogP contribution in [0.2, 0.25) is 19.6 Å². The number of hydrogen-bond acceptors (Lipinski definition) is 12. The SMILES string of the molecule is COC(=O)c1cc(-c2oc(-c3oc(-c4oc(-c5ccccc5)cc4C(=O)OC)cc3C(=O)OC)cc2C(=O)OC)oc1C#C[Si](C)(C)C. The Hall–Kier alpha value is -6.00. The predicted molar refractivity (Wildman–Crippen MR) is 173 cm³/mol. The molecule has 0 aliphatic carbocycles. The lowest BCUT2D eigenvalue weighted by Gasteiger charge is -2.03.